The molecule has 1 unspecified atom stereocenters. The molecule has 10 aromatic carbocycles. The van der Waals surface area contributed by atoms with Crippen molar-refractivity contribution in [2.75, 3.05) is 0 Å². The molecule has 1 atom stereocenters. The van der Waals surface area contributed by atoms with Gasteiger partial charge in [-0.2, -0.15) is 0 Å². The number of furan rings is 1. The van der Waals surface area contributed by atoms with Gasteiger partial charge in [0, 0.05) is 27.5 Å². The average Bonchev–Trinajstić information content (AvgIpc) is 3.72. The van der Waals surface area contributed by atoms with Crippen molar-refractivity contribution in [3.8, 4) is 33.4 Å². The Morgan fingerprint density at radius 2 is 0.902 bits per heavy atom. The van der Waals surface area contributed by atoms with Crippen LogP contribution >= 0.6 is 0 Å². The quantitative estimate of drug-likeness (QED) is 0.183. The lowest BCUT2D eigenvalue weighted by Crippen LogP contribution is -2.36. The fourth-order valence-electron chi connectivity index (χ4n) is 8.99. The molecule has 11 aromatic rings. The van der Waals surface area contributed by atoms with Crippen molar-refractivity contribution in [2.24, 2.45) is 9.98 Å². The van der Waals surface area contributed by atoms with Crippen LogP contribution in [0.15, 0.2) is 227 Å². The molecule has 1 aromatic heterocycles. The summed E-state index contributed by atoms with van der Waals surface area (Å²) in [6.07, 6.45) is -0.513. The average molecular weight is 780 g/mol. The van der Waals surface area contributed by atoms with Gasteiger partial charge in [0.1, 0.15) is 22.8 Å². The number of nitrogens with zero attached hydrogens (tertiary/aromatic N) is 2. The number of aliphatic imine (C=N–C) groups is 2. The van der Waals surface area contributed by atoms with E-state index in [9.17, 15) is 0 Å². The predicted octanol–water partition coefficient (Wildman–Crippen LogP) is 14.5. The van der Waals surface area contributed by atoms with Gasteiger partial charge >= 0.3 is 0 Å². The van der Waals surface area contributed by atoms with E-state index in [1.807, 2.05) is 6.07 Å². The van der Waals surface area contributed by atoms with Gasteiger partial charge in [-0.1, -0.05) is 176 Å². The number of fused-ring (bicyclic) bond motifs is 6. The lowest BCUT2D eigenvalue weighted by atomic mass is 9.96. The van der Waals surface area contributed by atoms with Crippen LogP contribution in [-0.2, 0) is 0 Å². The number of hydrogen-bond donors (Lipinski definition) is 1. The molecule has 286 valence electrons. The highest BCUT2D eigenvalue weighted by Crippen LogP contribution is 2.39. The Kier molecular flexibility index (Phi) is 8.20. The van der Waals surface area contributed by atoms with Crippen molar-refractivity contribution in [1.29, 1.82) is 0 Å². The van der Waals surface area contributed by atoms with Gasteiger partial charge in [-0.05, 0) is 102 Å². The third-order valence-corrected chi connectivity index (χ3v) is 12.1. The highest BCUT2D eigenvalue weighted by atomic mass is 16.3. The van der Waals surface area contributed by atoms with Gasteiger partial charge in [-0.25, -0.2) is 9.98 Å². The van der Waals surface area contributed by atoms with E-state index < -0.39 is 6.17 Å². The Balaban J connectivity index is 0.939. The van der Waals surface area contributed by atoms with Crippen LogP contribution in [0.2, 0.25) is 0 Å². The topological polar surface area (TPSA) is 49.9 Å². The molecule has 0 saturated heterocycles. The molecule has 2 heterocycles. The molecular weight excluding hydrogens is 743 g/mol. The van der Waals surface area contributed by atoms with E-state index in [1.165, 1.54) is 43.6 Å². The molecule has 0 amide bonds. The first-order chi connectivity index (χ1) is 30.2. The highest BCUT2D eigenvalue weighted by molar-refractivity contribution is 6.17. The summed E-state index contributed by atoms with van der Waals surface area (Å²) in [5.41, 5.74) is 11.7. The third-order valence-electron chi connectivity index (χ3n) is 12.1. The van der Waals surface area contributed by atoms with Crippen LogP contribution in [-0.4, -0.2) is 11.7 Å². The fraction of sp³-hybridized carbons (Fsp3) is 0.0175. The molecule has 0 bridgehead atoms. The maximum absolute atomic E-state index is 6.64. The number of rotatable bonds is 6. The molecule has 4 nitrogen and oxygen atoms in total. The molecule has 0 aliphatic carbocycles. The Labute approximate surface area is 352 Å². The van der Waals surface area contributed by atoms with E-state index in [4.69, 9.17) is 14.4 Å². The SMILES string of the molecule is c1ccc(-c2ccc3cc(-c4ccc5c(c4)oc4cccc(C6N=C(c7ccc(-c8cccc9ccccc89)cc7)NC(c7ccc8ccccc8c7)=N6)c45)ccc3c2)cc1. The van der Waals surface area contributed by atoms with Crippen LogP contribution < -0.4 is 5.32 Å². The largest absolute Gasteiger partial charge is 0.456 e. The Bertz CT molecular complexity index is 3560. The summed E-state index contributed by atoms with van der Waals surface area (Å²) in [6, 6.07) is 75.4. The van der Waals surface area contributed by atoms with E-state index in [0.717, 1.165) is 72.4 Å². The third kappa shape index (κ3) is 6.25. The first-order valence-corrected chi connectivity index (χ1v) is 20.7. The van der Waals surface area contributed by atoms with Crippen molar-refractivity contribution in [3.63, 3.8) is 0 Å². The Morgan fingerprint density at radius 1 is 0.344 bits per heavy atom. The van der Waals surface area contributed by atoms with E-state index in [0.29, 0.717) is 0 Å². The molecule has 0 radical (unpaired) electrons. The second kappa shape index (κ2) is 14.3. The number of nitrogens with one attached hydrogen (secondary N) is 1. The van der Waals surface area contributed by atoms with E-state index in [1.54, 1.807) is 0 Å². The summed E-state index contributed by atoms with van der Waals surface area (Å²) >= 11 is 0. The minimum absolute atomic E-state index is 0.513. The zero-order valence-corrected chi connectivity index (χ0v) is 33.1. The van der Waals surface area contributed by atoms with E-state index >= 15 is 0 Å². The van der Waals surface area contributed by atoms with Gasteiger partial charge in [0.15, 0.2) is 6.17 Å². The number of hydrogen-bond acceptors (Lipinski definition) is 4. The van der Waals surface area contributed by atoms with E-state index in [-0.39, 0.29) is 0 Å². The van der Waals surface area contributed by atoms with Crippen LogP contribution in [0.5, 0.6) is 0 Å². The lowest BCUT2D eigenvalue weighted by Gasteiger charge is -2.23. The summed E-state index contributed by atoms with van der Waals surface area (Å²) < 4.78 is 6.64. The molecule has 0 spiro atoms. The van der Waals surface area contributed by atoms with Crippen LogP contribution in [0.4, 0.5) is 0 Å². The van der Waals surface area contributed by atoms with Crippen molar-refractivity contribution in [2.45, 2.75) is 6.17 Å². The molecule has 0 fully saturated rings. The minimum atomic E-state index is -0.513. The van der Waals surface area contributed by atoms with Crippen molar-refractivity contribution < 1.29 is 4.42 Å². The first kappa shape index (κ1) is 34.9. The van der Waals surface area contributed by atoms with Crippen LogP contribution in [0.25, 0.3) is 87.6 Å². The molecule has 1 aliphatic rings. The molecule has 61 heavy (non-hydrogen) atoms. The number of benzene rings is 10. The molecular formula is C57H37N3O. The van der Waals surface area contributed by atoms with Crippen molar-refractivity contribution in [3.05, 3.63) is 229 Å². The molecule has 4 heteroatoms. The molecule has 12 rings (SSSR count). The van der Waals surface area contributed by atoms with Gasteiger partial charge in [-0.15, -0.1) is 0 Å². The Hall–Kier alpha value is -8.08. The van der Waals surface area contributed by atoms with Gasteiger partial charge in [0.05, 0.1) is 0 Å². The van der Waals surface area contributed by atoms with Crippen LogP contribution in [0.1, 0.15) is 22.9 Å². The van der Waals surface area contributed by atoms with Gasteiger partial charge in [-0.3, -0.25) is 0 Å². The monoisotopic (exact) mass is 779 g/mol. The number of amidine groups is 2. The summed E-state index contributed by atoms with van der Waals surface area (Å²) in [6.45, 7) is 0. The zero-order valence-electron chi connectivity index (χ0n) is 33.1. The van der Waals surface area contributed by atoms with Crippen LogP contribution in [0.3, 0.4) is 0 Å². The summed E-state index contributed by atoms with van der Waals surface area (Å²) in [5, 5.41) is 12.9. The summed E-state index contributed by atoms with van der Waals surface area (Å²) in [4.78, 5) is 10.7. The van der Waals surface area contributed by atoms with Gasteiger partial charge < -0.3 is 9.73 Å². The maximum atomic E-state index is 6.64. The van der Waals surface area contributed by atoms with Crippen molar-refractivity contribution >= 4 is 65.9 Å². The smallest absolute Gasteiger partial charge is 0.170 e. The van der Waals surface area contributed by atoms with Gasteiger partial charge in [0.25, 0.3) is 0 Å². The summed E-state index contributed by atoms with van der Waals surface area (Å²) in [7, 11) is 0. The first-order valence-electron chi connectivity index (χ1n) is 20.7. The van der Waals surface area contributed by atoms with Gasteiger partial charge in [0.2, 0.25) is 0 Å². The normalized spacial score (nSPS) is 14.1. The van der Waals surface area contributed by atoms with E-state index in [2.05, 4.69) is 212 Å². The fourth-order valence-corrected chi connectivity index (χ4v) is 8.99. The van der Waals surface area contributed by atoms with Crippen molar-refractivity contribution in [1.82, 2.24) is 5.32 Å². The second-order valence-electron chi connectivity index (χ2n) is 15.8. The highest BCUT2D eigenvalue weighted by Gasteiger charge is 2.24. The van der Waals surface area contributed by atoms with Crippen LogP contribution in [0, 0.1) is 0 Å². The second-order valence-corrected chi connectivity index (χ2v) is 15.8. The molecule has 1 aliphatic heterocycles. The predicted molar refractivity (Wildman–Crippen MR) is 254 cm³/mol. The Morgan fingerprint density at radius 3 is 1.72 bits per heavy atom. The molecule has 1 N–H and O–H groups in total. The minimum Gasteiger partial charge on any atom is -0.456 e. The zero-order chi connectivity index (χ0) is 40.3. The summed E-state index contributed by atoms with van der Waals surface area (Å²) in [5.74, 6) is 1.55. The lowest BCUT2D eigenvalue weighted by molar-refractivity contribution is 0.668. The standard InChI is InChI=1S/C57H37N3O/c1-2-10-36(11-3-1)42-25-26-44-33-45(28-27-43(44)32-42)46-30-31-50-53(35-46)61-52-19-9-18-51(54(50)52)57-59-55(58-56(60-57)47-29-20-37-12-4-5-14-41(37)34-47)40-23-21-39(22-24-40)49-17-8-15-38-13-6-7-16-48(38)49/h1-35,57H,(H,58,59,60). The maximum Gasteiger partial charge on any atom is 0.170 e. The molecule has 0 saturated carbocycles.